The molecular formula is C21H23FN2O5. The van der Waals surface area contributed by atoms with Gasteiger partial charge in [0.25, 0.3) is 5.91 Å². The van der Waals surface area contributed by atoms with Crippen molar-refractivity contribution in [3.63, 3.8) is 0 Å². The Labute approximate surface area is 168 Å². The molecule has 2 amide bonds. The number of nitrogens with one attached hydrogen (secondary N) is 2. The molecule has 0 aliphatic heterocycles. The fraction of sp³-hybridized carbons (Fsp3) is 0.286. The van der Waals surface area contributed by atoms with Gasteiger partial charge in [-0.05, 0) is 49.2 Å². The van der Waals surface area contributed by atoms with Crippen molar-refractivity contribution in [1.82, 2.24) is 10.6 Å². The SMILES string of the molecule is CCOC(=O)Oc1ccc(C(=O)NCCCNC(=O)Cc2ccccc2F)cc1. The quantitative estimate of drug-likeness (QED) is 0.382. The topological polar surface area (TPSA) is 93.7 Å². The van der Waals surface area contributed by atoms with Gasteiger partial charge in [0.1, 0.15) is 11.6 Å². The Hall–Kier alpha value is -3.42. The summed E-state index contributed by atoms with van der Waals surface area (Å²) in [5.41, 5.74) is 0.749. The van der Waals surface area contributed by atoms with Gasteiger partial charge < -0.3 is 20.1 Å². The highest BCUT2D eigenvalue weighted by molar-refractivity contribution is 5.94. The van der Waals surface area contributed by atoms with Crippen LogP contribution in [0, 0.1) is 5.82 Å². The minimum absolute atomic E-state index is 0.0285. The van der Waals surface area contributed by atoms with Crippen LogP contribution in [0.2, 0.25) is 0 Å². The molecule has 7 nitrogen and oxygen atoms in total. The first-order valence-electron chi connectivity index (χ1n) is 9.22. The summed E-state index contributed by atoms with van der Waals surface area (Å²) < 4.78 is 23.1. The van der Waals surface area contributed by atoms with Crippen LogP contribution in [0.5, 0.6) is 5.75 Å². The standard InChI is InChI=1S/C21H23FN2O5/c1-2-28-21(27)29-17-10-8-15(9-11-17)20(26)24-13-5-12-23-19(25)14-16-6-3-4-7-18(16)22/h3-4,6-11H,2,5,12-14H2,1H3,(H,23,25)(H,24,26). The van der Waals surface area contributed by atoms with Crippen LogP contribution in [0.25, 0.3) is 0 Å². The van der Waals surface area contributed by atoms with Crippen LogP contribution in [-0.2, 0) is 16.0 Å². The molecular weight excluding hydrogens is 379 g/mol. The van der Waals surface area contributed by atoms with E-state index in [0.717, 1.165) is 0 Å². The molecule has 0 atom stereocenters. The van der Waals surface area contributed by atoms with Crippen molar-refractivity contribution in [3.8, 4) is 5.75 Å². The maximum atomic E-state index is 13.5. The average molecular weight is 402 g/mol. The monoisotopic (exact) mass is 402 g/mol. The van der Waals surface area contributed by atoms with E-state index in [4.69, 9.17) is 4.74 Å². The van der Waals surface area contributed by atoms with Crippen LogP contribution >= 0.6 is 0 Å². The predicted octanol–water partition coefficient (Wildman–Crippen LogP) is 2.84. The van der Waals surface area contributed by atoms with Gasteiger partial charge in [-0.2, -0.15) is 0 Å². The lowest BCUT2D eigenvalue weighted by molar-refractivity contribution is -0.120. The van der Waals surface area contributed by atoms with E-state index in [1.54, 1.807) is 25.1 Å². The number of amides is 2. The maximum Gasteiger partial charge on any atom is 0.513 e. The van der Waals surface area contributed by atoms with Crippen molar-refractivity contribution in [2.45, 2.75) is 19.8 Å². The lowest BCUT2D eigenvalue weighted by Gasteiger charge is -2.08. The van der Waals surface area contributed by atoms with Crippen molar-refractivity contribution >= 4 is 18.0 Å². The van der Waals surface area contributed by atoms with E-state index in [1.165, 1.54) is 30.3 Å². The highest BCUT2D eigenvalue weighted by Gasteiger charge is 2.09. The van der Waals surface area contributed by atoms with E-state index in [2.05, 4.69) is 15.4 Å². The second kappa shape index (κ2) is 11.4. The second-order valence-corrected chi connectivity index (χ2v) is 6.04. The molecule has 29 heavy (non-hydrogen) atoms. The third-order valence-electron chi connectivity index (χ3n) is 3.85. The minimum Gasteiger partial charge on any atom is -0.434 e. The zero-order valence-electron chi connectivity index (χ0n) is 16.1. The van der Waals surface area contributed by atoms with Crippen molar-refractivity contribution in [1.29, 1.82) is 0 Å². The summed E-state index contributed by atoms with van der Waals surface area (Å²) in [5, 5.41) is 5.42. The van der Waals surface area contributed by atoms with Gasteiger partial charge in [0, 0.05) is 18.7 Å². The molecule has 0 saturated heterocycles. The number of halogens is 1. The first-order chi connectivity index (χ1) is 14.0. The van der Waals surface area contributed by atoms with Crippen LogP contribution in [0.15, 0.2) is 48.5 Å². The summed E-state index contributed by atoms with van der Waals surface area (Å²) in [6.07, 6.45) is -0.306. The van der Waals surface area contributed by atoms with E-state index in [1.807, 2.05) is 0 Å². The molecule has 8 heteroatoms. The Bertz CT molecular complexity index is 839. The Morgan fingerprint density at radius 2 is 1.66 bits per heavy atom. The van der Waals surface area contributed by atoms with E-state index >= 15 is 0 Å². The molecule has 2 aromatic rings. The molecule has 0 bridgehead atoms. The van der Waals surface area contributed by atoms with Gasteiger partial charge in [-0.15, -0.1) is 0 Å². The van der Waals surface area contributed by atoms with E-state index in [-0.39, 0.29) is 30.6 Å². The van der Waals surface area contributed by atoms with Gasteiger partial charge in [-0.1, -0.05) is 18.2 Å². The Kier molecular flexibility index (Phi) is 8.62. The van der Waals surface area contributed by atoms with Gasteiger partial charge in [0.15, 0.2) is 0 Å². The summed E-state index contributed by atoms with van der Waals surface area (Å²) >= 11 is 0. The van der Waals surface area contributed by atoms with Gasteiger partial charge in [-0.3, -0.25) is 9.59 Å². The van der Waals surface area contributed by atoms with Crippen LogP contribution in [-0.4, -0.2) is 37.7 Å². The molecule has 0 spiro atoms. The third-order valence-corrected chi connectivity index (χ3v) is 3.85. The first kappa shape index (κ1) is 21.9. The van der Waals surface area contributed by atoms with E-state index in [9.17, 15) is 18.8 Å². The molecule has 0 aliphatic carbocycles. The molecule has 2 rings (SSSR count). The first-order valence-corrected chi connectivity index (χ1v) is 9.22. The van der Waals surface area contributed by atoms with E-state index in [0.29, 0.717) is 30.6 Å². The molecule has 0 unspecified atom stereocenters. The number of hydrogen-bond donors (Lipinski definition) is 2. The smallest absolute Gasteiger partial charge is 0.434 e. The largest absolute Gasteiger partial charge is 0.513 e. The number of rotatable bonds is 9. The normalized spacial score (nSPS) is 10.1. The predicted molar refractivity (Wildman–Crippen MR) is 104 cm³/mol. The molecule has 0 radical (unpaired) electrons. The summed E-state index contributed by atoms with van der Waals surface area (Å²) in [4.78, 5) is 35.1. The number of ether oxygens (including phenoxy) is 2. The number of carbonyl (C=O) groups excluding carboxylic acids is 3. The van der Waals surface area contributed by atoms with E-state index < -0.39 is 12.0 Å². The Morgan fingerprint density at radius 3 is 2.34 bits per heavy atom. The zero-order chi connectivity index (χ0) is 21.1. The number of hydrogen-bond acceptors (Lipinski definition) is 5. The molecule has 0 saturated carbocycles. The van der Waals surface area contributed by atoms with Crippen LogP contribution in [0.4, 0.5) is 9.18 Å². The van der Waals surface area contributed by atoms with Gasteiger partial charge in [0.2, 0.25) is 5.91 Å². The average Bonchev–Trinajstić information content (AvgIpc) is 2.70. The van der Waals surface area contributed by atoms with Crippen LogP contribution < -0.4 is 15.4 Å². The lowest BCUT2D eigenvalue weighted by atomic mass is 10.1. The van der Waals surface area contributed by atoms with Crippen molar-refractivity contribution in [2.75, 3.05) is 19.7 Å². The lowest BCUT2D eigenvalue weighted by Crippen LogP contribution is -2.30. The molecule has 154 valence electrons. The fourth-order valence-corrected chi connectivity index (χ4v) is 2.42. The molecule has 0 aliphatic rings. The fourth-order valence-electron chi connectivity index (χ4n) is 2.42. The maximum absolute atomic E-state index is 13.5. The highest BCUT2D eigenvalue weighted by Crippen LogP contribution is 2.13. The summed E-state index contributed by atoms with van der Waals surface area (Å²) in [6, 6.07) is 12.2. The van der Waals surface area contributed by atoms with Gasteiger partial charge in [-0.25, -0.2) is 9.18 Å². The Morgan fingerprint density at radius 1 is 0.966 bits per heavy atom. The number of benzene rings is 2. The van der Waals surface area contributed by atoms with Crippen LogP contribution in [0.1, 0.15) is 29.3 Å². The second-order valence-electron chi connectivity index (χ2n) is 6.04. The zero-order valence-corrected chi connectivity index (χ0v) is 16.1. The number of carbonyl (C=O) groups is 3. The minimum atomic E-state index is -0.804. The summed E-state index contributed by atoms with van der Waals surface area (Å²) in [7, 11) is 0. The summed E-state index contributed by atoms with van der Waals surface area (Å²) in [6.45, 7) is 2.60. The molecule has 0 aromatic heterocycles. The Balaban J connectivity index is 1.66. The van der Waals surface area contributed by atoms with Crippen LogP contribution in [0.3, 0.4) is 0 Å². The molecule has 2 N–H and O–H groups in total. The molecule has 0 fully saturated rings. The molecule has 0 heterocycles. The van der Waals surface area contributed by atoms with Gasteiger partial charge >= 0.3 is 6.16 Å². The third kappa shape index (κ3) is 7.61. The highest BCUT2D eigenvalue weighted by atomic mass is 19.1. The van der Waals surface area contributed by atoms with Gasteiger partial charge in [0.05, 0.1) is 13.0 Å². The van der Waals surface area contributed by atoms with Crippen molar-refractivity contribution < 1.29 is 28.2 Å². The molecule has 2 aromatic carbocycles. The summed E-state index contributed by atoms with van der Waals surface area (Å²) in [5.74, 6) is -0.699. The van der Waals surface area contributed by atoms with Crippen molar-refractivity contribution in [3.05, 3.63) is 65.5 Å². The van der Waals surface area contributed by atoms with Crippen molar-refractivity contribution in [2.24, 2.45) is 0 Å².